The van der Waals surface area contributed by atoms with Crippen molar-refractivity contribution in [3.05, 3.63) is 111 Å². The quantitative estimate of drug-likeness (QED) is 0.437. The van der Waals surface area contributed by atoms with Gasteiger partial charge in [0.2, 0.25) is 5.88 Å². The zero-order valence-electron chi connectivity index (χ0n) is 19.2. The minimum atomic E-state index is -0.302. The Labute approximate surface area is 197 Å². The maximum Gasteiger partial charge on any atom is 0.271 e. The Balaban J connectivity index is 1.47. The second-order valence-electron chi connectivity index (χ2n) is 7.88. The molecule has 0 fully saturated rings. The molecule has 1 amide bonds. The summed E-state index contributed by atoms with van der Waals surface area (Å²) in [7, 11) is 1.61. The molecule has 0 atom stereocenters. The second-order valence-corrected chi connectivity index (χ2v) is 7.88. The minimum absolute atomic E-state index is 0.226. The predicted octanol–water partition coefficient (Wildman–Crippen LogP) is 4.69. The summed E-state index contributed by atoms with van der Waals surface area (Å²) in [6.07, 6.45) is 0. The van der Waals surface area contributed by atoms with Gasteiger partial charge in [0.1, 0.15) is 12.4 Å². The first kappa shape index (κ1) is 22.8. The SMILES string of the molecule is COc1ccc(COc2ccc(=O)n(-c3ccc(C(=O)Nc4ccc(C)cc4C)cc3)n2)cc1. The zero-order chi connectivity index (χ0) is 24.1. The molecule has 0 saturated heterocycles. The first-order valence-electron chi connectivity index (χ1n) is 10.8. The van der Waals surface area contributed by atoms with Crippen LogP contribution in [0.5, 0.6) is 11.6 Å². The fourth-order valence-electron chi connectivity index (χ4n) is 3.44. The van der Waals surface area contributed by atoms with Gasteiger partial charge < -0.3 is 14.8 Å². The number of hydrogen-bond donors (Lipinski definition) is 1. The van der Waals surface area contributed by atoms with E-state index in [9.17, 15) is 9.59 Å². The number of methoxy groups -OCH3 is 1. The first-order valence-corrected chi connectivity index (χ1v) is 10.8. The molecule has 0 spiro atoms. The molecule has 0 radical (unpaired) electrons. The highest BCUT2D eigenvalue weighted by Gasteiger charge is 2.10. The Morgan fingerprint density at radius 3 is 2.35 bits per heavy atom. The van der Waals surface area contributed by atoms with Crippen LogP contribution in [0.1, 0.15) is 27.0 Å². The Morgan fingerprint density at radius 1 is 0.941 bits per heavy atom. The molecule has 0 bridgehead atoms. The number of aromatic nitrogens is 2. The van der Waals surface area contributed by atoms with Crippen LogP contribution in [0.4, 0.5) is 5.69 Å². The van der Waals surface area contributed by atoms with Crippen molar-refractivity contribution in [1.82, 2.24) is 9.78 Å². The average Bonchev–Trinajstić information content (AvgIpc) is 2.85. The number of nitrogens with zero attached hydrogens (tertiary/aromatic N) is 2. The van der Waals surface area contributed by atoms with Crippen molar-refractivity contribution in [2.24, 2.45) is 0 Å². The number of amides is 1. The molecule has 0 unspecified atom stereocenters. The van der Waals surface area contributed by atoms with Gasteiger partial charge in [0, 0.05) is 23.4 Å². The van der Waals surface area contributed by atoms with Crippen LogP contribution in [-0.2, 0) is 6.61 Å². The topological polar surface area (TPSA) is 82.5 Å². The lowest BCUT2D eigenvalue weighted by Gasteiger charge is -2.11. The normalized spacial score (nSPS) is 10.6. The second kappa shape index (κ2) is 10.0. The summed E-state index contributed by atoms with van der Waals surface area (Å²) in [5, 5.41) is 7.23. The summed E-state index contributed by atoms with van der Waals surface area (Å²) < 4.78 is 12.2. The Kier molecular flexibility index (Phi) is 6.73. The smallest absolute Gasteiger partial charge is 0.271 e. The van der Waals surface area contributed by atoms with E-state index in [0.717, 1.165) is 28.1 Å². The van der Waals surface area contributed by atoms with Gasteiger partial charge in [0.25, 0.3) is 11.5 Å². The third-order valence-corrected chi connectivity index (χ3v) is 5.33. The third kappa shape index (κ3) is 5.32. The van der Waals surface area contributed by atoms with Crippen molar-refractivity contribution in [1.29, 1.82) is 0 Å². The van der Waals surface area contributed by atoms with Crippen molar-refractivity contribution < 1.29 is 14.3 Å². The number of anilines is 1. The van der Waals surface area contributed by atoms with Crippen LogP contribution in [-0.4, -0.2) is 22.8 Å². The number of carbonyl (C=O) groups excluding carboxylic acids is 1. The third-order valence-electron chi connectivity index (χ3n) is 5.33. The number of nitrogens with one attached hydrogen (secondary N) is 1. The van der Waals surface area contributed by atoms with E-state index in [1.807, 2.05) is 56.3 Å². The van der Waals surface area contributed by atoms with Crippen molar-refractivity contribution in [3.8, 4) is 17.3 Å². The number of ether oxygens (including phenoxy) is 2. The highest BCUT2D eigenvalue weighted by Crippen LogP contribution is 2.18. The molecule has 7 nitrogen and oxygen atoms in total. The average molecular weight is 456 g/mol. The largest absolute Gasteiger partial charge is 0.497 e. The van der Waals surface area contributed by atoms with E-state index in [1.54, 1.807) is 31.4 Å². The monoisotopic (exact) mass is 455 g/mol. The molecule has 0 aliphatic rings. The molecule has 1 N–H and O–H groups in total. The van der Waals surface area contributed by atoms with Gasteiger partial charge in [-0.05, 0) is 67.4 Å². The lowest BCUT2D eigenvalue weighted by molar-refractivity contribution is 0.102. The van der Waals surface area contributed by atoms with Crippen molar-refractivity contribution in [2.45, 2.75) is 20.5 Å². The van der Waals surface area contributed by atoms with Crippen LogP contribution in [0, 0.1) is 13.8 Å². The fourth-order valence-corrected chi connectivity index (χ4v) is 3.44. The van der Waals surface area contributed by atoms with Gasteiger partial charge in [-0.15, -0.1) is 5.10 Å². The maximum absolute atomic E-state index is 12.7. The Hall–Kier alpha value is -4.39. The predicted molar refractivity (Wildman–Crippen MR) is 131 cm³/mol. The van der Waals surface area contributed by atoms with Gasteiger partial charge in [-0.25, -0.2) is 0 Å². The van der Waals surface area contributed by atoms with Crippen LogP contribution in [0.3, 0.4) is 0 Å². The van der Waals surface area contributed by atoms with Gasteiger partial charge in [-0.3, -0.25) is 9.59 Å². The number of aryl methyl sites for hydroxylation is 2. The van der Waals surface area contributed by atoms with E-state index in [2.05, 4.69) is 10.4 Å². The summed E-state index contributed by atoms with van der Waals surface area (Å²) in [5.74, 6) is 0.851. The summed E-state index contributed by atoms with van der Waals surface area (Å²) in [5.41, 5.74) is 4.54. The van der Waals surface area contributed by atoms with E-state index in [0.29, 0.717) is 23.7 Å². The van der Waals surface area contributed by atoms with Crippen LogP contribution in [0.2, 0.25) is 0 Å². The maximum atomic E-state index is 12.7. The molecule has 1 heterocycles. The summed E-state index contributed by atoms with van der Waals surface area (Å²) in [6, 6.07) is 23.0. The van der Waals surface area contributed by atoms with Crippen molar-refractivity contribution in [2.75, 3.05) is 12.4 Å². The van der Waals surface area contributed by atoms with Crippen LogP contribution in [0.15, 0.2) is 83.7 Å². The molecule has 1 aromatic heterocycles. The molecule has 172 valence electrons. The van der Waals surface area contributed by atoms with Gasteiger partial charge in [-0.1, -0.05) is 29.8 Å². The number of benzene rings is 3. The lowest BCUT2D eigenvalue weighted by Crippen LogP contribution is -2.21. The summed E-state index contributed by atoms with van der Waals surface area (Å²) >= 11 is 0. The molecule has 0 saturated carbocycles. The molecular weight excluding hydrogens is 430 g/mol. The molecule has 0 aliphatic carbocycles. The number of rotatable bonds is 7. The zero-order valence-corrected chi connectivity index (χ0v) is 19.2. The molecular formula is C27H25N3O4. The minimum Gasteiger partial charge on any atom is -0.497 e. The van der Waals surface area contributed by atoms with Crippen molar-refractivity contribution >= 4 is 11.6 Å². The Morgan fingerprint density at radius 2 is 1.68 bits per heavy atom. The molecule has 0 aliphatic heterocycles. The first-order chi connectivity index (χ1) is 16.4. The summed E-state index contributed by atoms with van der Waals surface area (Å²) in [4.78, 5) is 25.1. The number of hydrogen-bond acceptors (Lipinski definition) is 5. The van der Waals surface area contributed by atoms with E-state index in [4.69, 9.17) is 9.47 Å². The van der Waals surface area contributed by atoms with Gasteiger partial charge in [0.05, 0.1) is 12.8 Å². The molecule has 3 aromatic carbocycles. The van der Waals surface area contributed by atoms with E-state index in [1.165, 1.54) is 16.8 Å². The lowest BCUT2D eigenvalue weighted by atomic mass is 10.1. The van der Waals surface area contributed by atoms with Crippen molar-refractivity contribution in [3.63, 3.8) is 0 Å². The van der Waals surface area contributed by atoms with Crippen LogP contribution in [0.25, 0.3) is 5.69 Å². The van der Waals surface area contributed by atoms with E-state index in [-0.39, 0.29) is 11.5 Å². The molecule has 4 aromatic rings. The highest BCUT2D eigenvalue weighted by molar-refractivity contribution is 6.04. The number of carbonyl (C=O) groups is 1. The van der Waals surface area contributed by atoms with E-state index >= 15 is 0 Å². The van der Waals surface area contributed by atoms with Crippen LogP contribution < -0.4 is 20.3 Å². The fraction of sp³-hybridized carbons (Fsp3) is 0.148. The van der Waals surface area contributed by atoms with Gasteiger partial charge in [-0.2, -0.15) is 4.68 Å². The van der Waals surface area contributed by atoms with Crippen LogP contribution >= 0.6 is 0 Å². The molecule has 7 heteroatoms. The van der Waals surface area contributed by atoms with Gasteiger partial charge in [0.15, 0.2) is 0 Å². The molecule has 34 heavy (non-hydrogen) atoms. The van der Waals surface area contributed by atoms with Gasteiger partial charge >= 0.3 is 0 Å². The Bertz CT molecular complexity index is 1360. The summed E-state index contributed by atoms with van der Waals surface area (Å²) in [6.45, 7) is 4.26. The highest BCUT2D eigenvalue weighted by atomic mass is 16.5. The standard InChI is InChI=1S/C27H25N3O4/c1-18-4-13-24(19(2)16-18)28-27(32)21-7-9-22(10-8-21)30-26(31)15-14-25(29-30)34-17-20-5-11-23(33-3)12-6-20/h4-16H,17H2,1-3H3,(H,28,32). The molecule has 4 rings (SSSR count). The van der Waals surface area contributed by atoms with E-state index < -0.39 is 0 Å².